The molecule has 0 bridgehead atoms. The minimum atomic E-state index is -3.84. The Morgan fingerprint density at radius 3 is 2.18 bits per heavy atom. The molecule has 2 aromatic carbocycles. The topological polar surface area (TPSA) is 104 Å². The maximum Gasteiger partial charge on any atom is 0.261 e. The van der Waals surface area contributed by atoms with E-state index in [9.17, 15) is 22.4 Å². The van der Waals surface area contributed by atoms with Crippen LogP contribution in [0, 0.1) is 17.7 Å². The number of rotatable bonds is 7. The van der Waals surface area contributed by atoms with Gasteiger partial charge in [-0.15, -0.1) is 0 Å². The van der Waals surface area contributed by atoms with Gasteiger partial charge in [0.2, 0.25) is 11.8 Å². The fraction of sp³-hybridized carbons (Fsp3) is 0.263. The third-order valence-corrected chi connectivity index (χ3v) is 5.81. The molecule has 0 aliphatic heterocycles. The monoisotopic (exact) mass is 405 g/mol. The number of hydrogen-bond acceptors (Lipinski definition) is 4. The first-order valence-electron chi connectivity index (χ1n) is 8.70. The van der Waals surface area contributed by atoms with Gasteiger partial charge in [-0.1, -0.05) is 6.92 Å². The van der Waals surface area contributed by atoms with E-state index in [4.69, 9.17) is 0 Å². The molecule has 2 amide bonds. The molecule has 0 radical (unpaired) electrons. The Kier molecular flexibility index (Phi) is 5.64. The summed E-state index contributed by atoms with van der Waals surface area (Å²) in [6.07, 6.45) is 0.850. The number of nitrogens with one attached hydrogen (secondary N) is 3. The molecule has 7 nitrogen and oxygen atoms in total. The van der Waals surface area contributed by atoms with E-state index in [2.05, 4.69) is 15.4 Å². The van der Waals surface area contributed by atoms with Crippen LogP contribution < -0.4 is 15.4 Å². The highest BCUT2D eigenvalue weighted by Crippen LogP contribution is 2.37. The van der Waals surface area contributed by atoms with Gasteiger partial charge in [0, 0.05) is 17.3 Å². The molecule has 1 aliphatic carbocycles. The second-order valence-electron chi connectivity index (χ2n) is 6.72. The molecule has 1 saturated carbocycles. The highest BCUT2D eigenvalue weighted by atomic mass is 32.2. The molecule has 0 unspecified atom stereocenters. The number of carbonyl (C=O) groups excluding carboxylic acids is 2. The van der Waals surface area contributed by atoms with Gasteiger partial charge in [-0.25, -0.2) is 12.8 Å². The predicted octanol–water partition coefficient (Wildman–Crippen LogP) is 2.34. The number of amides is 2. The molecular formula is C19H20FN3O4S. The summed E-state index contributed by atoms with van der Waals surface area (Å²) in [6.45, 7) is 1.86. The fourth-order valence-corrected chi connectivity index (χ4v) is 3.70. The normalized spacial score (nSPS) is 18.2. The number of hydrogen-bond donors (Lipinski definition) is 3. The Morgan fingerprint density at radius 1 is 1.04 bits per heavy atom. The number of sulfonamides is 1. The minimum Gasteiger partial charge on any atom is -0.347 e. The molecule has 0 spiro atoms. The Labute approximate surface area is 162 Å². The van der Waals surface area contributed by atoms with Gasteiger partial charge in [0.15, 0.2) is 0 Å². The third kappa shape index (κ3) is 5.07. The van der Waals surface area contributed by atoms with Crippen molar-refractivity contribution in [3.63, 3.8) is 0 Å². The summed E-state index contributed by atoms with van der Waals surface area (Å²) in [5.74, 6) is -0.646. The molecule has 1 aliphatic rings. The lowest BCUT2D eigenvalue weighted by Gasteiger charge is -2.10. The molecule has 2 aromatic rings. The summed E-state index contributed by atoms with van der Waals surface area (Å²) < 4.78 is 39.8. The second kappa shape index (κ2) is 7.97. The average molecular weight is 405 g/mol. The molecule has 3 rings (SSSR count). The molecule has 0 aromatic heterocycles. The molecule has 1 fully saturated rings. The van der Waals surface area contributed by atoms with Crippen molar-refractivity contribution in [1.29, 1.82) is 0 Å². The van der Waals surface area contributed by atoms with Crippen molar-refractivity contribution in [2.75, 3.05) is 16.6 Å². The summed E-state index contributed by atoms with van der Waals surface area (Å²) >= 11 is 0. The standard InChI is InChI=1S/C19H20FN3O4S/c1-12-10-17(12)19(25)21-11-18(24)22-14-4-6-15(7-5-14)23-28(26,27)16-8-2-13(20)3-9-16/h2-9,12,17,23H,10-11H2,1H3,(H,21,25)(H,22,24)/t12-,17+/m1/s1. The second-order valence-corrected chi connectivity index (χ2v) is 8.40. The van der Waals surface area contributed by atoms with E-state index in [1.54, 1.807) is 0 Å². The minimum absolute atomic E-state index is 0.00112. The SMILES string of the molecule is C[C@@H]1C[C@@H]1C(=O)NCC(=O)Nc1ccc(NS(=O)(=O)c2ccc(F)cc2)cc1. The van der Waals surface area contributed by atoms with Gasteiger partial charge in [-0.05, 0) is 60.9 Å². The first kappa shape index (κ1) is 19.8. The summed E-state index contributed by atoms with van der Waals surface area (Å²) in [5.41, 5.74) is 0.752. The Bertz CT molecular complexity index is 975. The number of halogens is 1. The maximum atomic E-state index is 12.9. The Balaban J connectivity index is 1.53. The zero-order valence-corrected chi connectivity index (χ0v) is 15.9. The lowest BCUT2D eigenvalue weighted by Crippen LogP contribution is -2.34. The van der Waals surface area contributed by atoms with Gasteiger partial charge in [0.25, 0.3) is 10.0 Å². The first-order chi connectivity index (χ1) is 13.2. The van der Waals surface area contributed by atoms with Crippen LogP contribution in [0.25, 0.3) is 0 Å². The van der Waals surface area contributed by atoms with Gasteiger partial charge in [-0.3, -0.25) is 14.3 Å². The van der Waals surface area contributed by atoms with Gasteiger partial charge in [-0.2, -0.15) is 0 Å². The van der Waals surface area contributed by atoms with E-state index in [-0.39, 0.29) is 29.2 Å². The van der Waals surface area contributed by atoms with E-state index in [0.717, 1.165) is 18.6 Å². The molecule has 2 atom stereocenters. The van der Waals surface area contributed by atoms with E-state index in [1.165, 1.54) is 36.4 Å². The highest BCUT2D eigenvalue weighted by molar-refractivity contribution is 7.92. The van der Waals surface area contributed by atoms with Crippen molar-refractivity contribution in [2.24, 2.45) is 11.8 Å². The summed E-state index contributed by atoms with van der Waals surface area (Å²) in [4.78, 5) is 23.5. The van der Waals surface area contributed by atoms with Crippen LogP contribution in [0.1, 0.15) is 13.3 Å². The molecule has 148 valence electrons. The van der Waals surface area contributed by atoms with Gasteiger partial charge in [0.1, 0.15) is 5.82 Å². The molecule has 3 N–H and O–H groups in total. The van der Waals surface area contributed by atoms with E-state index in [1.807, 2.05) is 6.92 Å². The summed E-state index contributed by atoms with van der Waals surface area (Å²) in [5, 5.41) is 5.21. The van der Waals surface area contributed by atoms with Crippen LogP contribution in [0.5, 0.6) is 0 Å². The third-order valence-electron chi connectivity index (χ3n) is 4.41. The van der Waals surface area contributed by atoms with Crippen molar-refractivity contribution >= 4 is 33.2 Å². The quantitative estimate of drug-likeness (QED) is 0.658. The van der Waals surface area contributed by atoms with Crippen LogP contribution in [-0.4, -0.2) is 26.8 Å². The largest absolute Gasteiger partial charge is 0.347 e. The van der Waals surface area contributed by atoms with Crippen LogP contribution in [0.4, 0.5) is 15.8 Å². The van der Waals surface area contributed by atoms with Crippen molar-refractivity contribution in [2.45, 2.75) is 18.2 Å². The molecule has 0 saturated heterocycles. The smallest absolute Gasteiger partial charge is 0.261 e. The van der Waals surface area contributed by atoms with Gasteiger partial charge >= 0.3 is 0 Å². The Hall–Kier alpha value is -2.94. The first-order valence-corrected chi connectivity index (χ1v) is 10.2. The van der Waals surface area contributed by atoms with E-state index in [0.29, 0.717) is 17.3 Å². The zero-order valence-electron chi connectivity index (χ0n) is 15.1. The van der Waals surface area contributed by atoms with Crippen LogP contribution in [0.3, 0.4) is 0 Å². The zero-order chi connectivity index (χ0) is 20.3. The maximum absolute atomic E-state index is 12.9. The molecule has 0 heterocycles. The summed E-state index contributed by atoms with van der Waals surface area (Å²) in [6, 6.07) is 10.5. The van der Waals surface area contributed by atoms with Gasteiger partial charge in [0.05, 0.1) is 11.4 Å². The van der Waals surface area contributed by atoms with Gasteiger partial charge < -0.3 is 10.6 Å². The predicted molar refractivity (Wildman–Crippen MR) is 103 cm³/mol. The van der Waals surface area contributed by atoms with Crippen LogP contribution in [-0.2, 0) is 19.6 Å². The Morgan fingerprint density at radius 2 is 1.61 bits per heavy atom. The lowest BCUT2D eigenvalue weighted by molar-refractivity contribution is -0.125. The average Bonchev–Trinajstić information content (AvgIpc) is 3.38. The van der Waals surface area contributed by atoms with E-state index < -0.39 is 15.8 Å². The van der Waals surface area contributed by atoms with Crippen molar-refractivity contribution in [1.82, 2.24) is 5.32 Å². The van der Waals surface area contributed by atoms with Crippen molar-refractivity contribution in [3.05, 3.63) is 54.3 Å². The number of benzene rings is 2. The number of carbonyl (C=O) groups is 2. The summed E-state index contributed by atoms with van der Waals surface area (Å²) in [7, 11) is -3.84. The fourth-order valence-electron chi connectivity index (χ4n) is 2.64. The van der Waals surface area contributed by atoms with Crippen LogP contribution in [0.2, 0.25) is 0 Å². The highest BCUT2D eigenvalue weighted by Gasteiger charge is 2.38. The molecule has 9 heteroatoms. The van der Waals surface area contributed by atoms with Crippen molar-refractivity contribution in [3.8, 4) is 0 Å². The number of anilines is 2. The van der Waals surface area contributed by atoms with Crippen molar-refractivity contribution < 1.29 is 22.4 Å². The molecular weight excluding hydrogens is 385 g/mol. The van der Waals surface area contributed by atoms with Crippen LogP contribution in [0.15, 0.2) is 53.4 Å². The lowest BCUT2D eigenvalue weighted by atomic mass is 10.3. The van der Waals surface area contributed by atoms with Crippen LogP contribution >= 0.6 is 0 Å². The molecule has 28 heavy (non-hydrogen) atoms. The van der Waals surface area contributed by atoms with E-state index >= 15 is 0 Å².